The van der Waals surface area contributed by atoms with Crippen molar-refractivity contribution in [2.45, 2.75) is 37.4 Å². The molecule has 154 valence electrons. The zero-order valence-corrected chi connectivity index (χ0v) is 17.0. The number of carbonyl (C=O) groups excluding carboxylic acids is 2. The van der Waals surface area contributed by atoms with Crippen molar-refractivity contribution in [1.29, 1.82) is 0 Å². The smallest absolute Gasteiger partial charge is 0.347 e. The molecule has 0 unspecified atom stereocenters. The molecule has 1 fully saturated rings. The van der Waals surface area contributed by atoms with Crippen molar-refractivity contribution >= 4 is 27.6 Å². The van der Waals surface area contributed by atoms with Crippen molar-refractivity contribution < 1.29 is 32.2 Å². The molecule has 2 aromatic carbocycles. The lowest BCUT2D eigenvalue weighted by Crippen LogP contribution is -2.23. The second kappa shape index (κ2) is 8.12. The van der Waals surface area contributed by atoms with Crippen LogP contribution in [-0.4, -0.2) is 39.7 Å². The summed E-state index contributed by atoms with van der Waals surface area (Å²) in [6.07, 6.45) is -1.10. The van der Waals surface area contributed by atoms with Gasteiger partial charge in [0, 0.05) is 12.1 Å². The lowest BCUT2D eigenvalue weighted by Gasteiger charge is -2.14. The average Bonchev–Trinajstić information content (AvgIpc) is 2.99. The third-order valence-corrected chi connectivity index (χ3v) is 5.77. The molecule has 9 heteroatoms. The number of hydrogen-bond donors (Lipinski definition) is 1. The number of nitrogens with one attached hydrogen (secondary N) is 1. The first-order chi connectivity index (χ1) is 13.7. The Morgan fingerprint density at radius 2 is 1.86 bits per heavy atom. The Morgan fingerprint density at radius 1 is 1.17 bits per heavy atom. The summed E-state index contributed by atoms with van der Waals surface area (Å²) in [7, 11) is -2.72. The van der Waals surface area contributed by atoms with Gasteiger partial charge in [-0.05, 0) is 44.2 Å². The summed E-state index contributed by atoms with van der Waals surface area (Å²) in [6, 6.07) is 10.7. The van der Waals surface area contributed by atoms with E-state index in [1.54, 1.807) is 31.2 Å². The van der Waals surface area contributed by atoms with Gasteiger partial charge in [0.2, 0.25) is 6.10 Å². The Bertz CT molecular complexity index is 1030. The number of hydrogen-bond acceptors (Lipinski definition) is 7. The van der Waals surface area contributed by atoms with Crippen molar-refractivity contribution in [2.24, 2.45) is 0 Å². The Hall–Kier alpha value is -3.07. The van der Waals surface area contributed by atoms with E-state index in [2.05, 4.69) is 4.72 Å². The Balaban J connectivity index is 1.87. The molecule has 1 aliphatic heterocycles. The Labute approximate surface area is 168 Å². The number of methoxy groups -OCH3 is 1. The van der Waals surface area contributed by atoms with Crippen LogP contribution in [0.1, 0.15) is 29.3 Å². The zero-order chi connectivity index (χ0) is 21.2. The van der Waals surface area contributed by atoms with Crippen LogP contribution in [0, 0.1) is 6.92 Å². The number of cyclic esters (lactones) is 1. The Morgan fingerprint density at radius 3 is 2.45 bits per heavy atom. The minimum absolute atomic E-state index is 0.0255. The van der Waals surface area contributed by atoms with Crippen LogP contribution >= 0.6 is 0 Å². The molecule has 2 atom stereocenters. The molecular weight excluding hydrogens is 398 g/mol. The number of sulfonamides is 1. The molecule has 0 bridgehead atoms. The fourth-order valence-electron chi connectivity index (χ4n) is 2.86. The predicted octanol–water partition coefficient (Wildman–Crippen LogP) is 2.67. The van der Waals surface area contributed by atoms with Crippen LogP contribution in [0.2, 0.25) is 0 Å². The number of esters is 2. The van der Waals surface area contributed by atoms with Gasteiger partial charge in [-0.25, -0.2) is 18.0 Å². The normalized spacial score (nSPS) is 18.8. The van der Waals surface area contributed by atoms with Crippen molar-refractivity contribution in [3.05, 3.63) is 53.6 Å². The summed E-state index contributed by atoms with van der Waals surface area (Å²) >= 11 is 0. The fourth-order valence-corrected chi connectivity index (χ4v) is 4.11. The maximum absolute atomic E-state index is 12.9. The van der Waals surface area contributed by atoms with Crippen molar-refractivity contribution in [2.75, 3.05) is 11.8 Å². The molecule has 1 heterocycles. The van der Waals surface area contributed by atoms with E-state index >= 15 is 0 Å². The van der Waals surface area contributed by atoms with Crippen LogP contribution < -0.4 is 9.46 Å². The number of anilines is 1. The minimum Gasteiger partial charge on any atom is -0.495 e. The molecule has 8 nitrogen and oxygen atoms in total. The lowest BCUT2D eigenvalue weighted by atomic mass is 10.2. The highest BCUT2D eigenvalue weighted by Gasteiger charge is 2.35. The second-order valence-electron chi connectivity index (χ2n) is 6.71. The number of carbonyl (C=O) groups is 2. The van der Waals surface area contributed by atoms with Gasteiger partial charge in [0.25, 0.3) is 10.0 Å². The summed E-state index contributed by atoms with van der Waals surface area (Å²) in [5, 5.41) is 0. The molecule has 0 aliphatic carbocycles. The third-order valence-electron chi connectivity index (χ3n) is 4.37. The van der Waals surface area contributed by atoms with E-state index < -0.39 is 28.1 Å². The van der Waals surface area contributed by atoms with Gasteiger partial charge in [-0.15, -0.1) is 0 Å². The second-order valence-corrected chi connectivity index (χ2v) is 8.37. The average molecular weight is 419 g/mol. The van der Waals surface area contributed by atoms with E-state index in [-0.39, 0.29) is 28.7 Å². The fraction of sp³-hybridized carbons (Fsp3) is 0.300. The highest BCUT2D eigenvalue weighted by Crippen LogP contribution is 2.28. The molecule has 29 heavy (non-hydrogen) atoms. The zero-order valence-electron chi connectivity index (χ0n) is 16.2. The first kappa shape index (κ1) is 20.7. The van der Waals surface area contributed by atoms with Gasteiger partial charge in [0.1, 0.15) is 16.7 Å². The van der Waals surface area contributed by atoms with E-state index in [0.29, 0.717) is 5.69 Å². The van der Waals surface area contributed by atoms with Gasteiger partial charge in [-0.1, -0.05) is 17.7 Å². The van der Waals surface area contributed by atoms with E-state index in [1.165, 1.54) is 19.2 Å². The van der Waals surface area contributed by atoms with Gasteiger partial charge in [-0.2, -0.15) is 0 Å². The van der Waals surface area contributed by atoms with E-state index in [4.69, 9.17) is 14.2 Å². The minimum atomic E-state index is -4.05. The molecule has 1 N–H and O–H groups in total. The number of aryl methyl sites for hydroxylation is 1. The summed E-state index contributed by atoms with van der Waals surface area (Å²) < 4.78 is 43.5. The lowest BCUT2D eigenvalue weighted by molar-refractivity contribution is -0.147. The van der Waals surface area contributed by atoms with Gasteiger partial charge in [0.15, 0.2) is 0 Å². The molecule has 0 saturated carbocycles. The third kappa shape index (κ3) is 4.68. The standard InChI is InChI=1S/C20H21NO7S/c1-12-4-7-15(8-5-12)21-29(24,25)18-11-14(6-9-16(18)26-3)19(22)28-17-10-13(2)27-20(17)23/h4-9,11,13,17,21H,10H2,1-3H3/t13-,17-/m0/s1. The van der Waals surface area contributed by atoms with Crippen LogP contribution in [0.3, 0.4) is 0 Å². The largest absolute Gasteiger partial charge is 0.495 e. The molecular formula is C20H21NO7S. The van der Waals surface area contributed by atoms with Crippen LogP contribution in [-0.2, 0) is 24.3 Å². The van der Waals surface area contributed by atoms with Crippen molar-refractivity contribution in [3.63, 3.8) is 0 Å². The highest BCUT2D eigenvalue weighted by molar-refractivity contribution is 7.92. The van der Waals surface area contributed by atoms with Crippen LogP contribution in [0.4, 0.5) is 5.69 Å². The molecule has 0 radical (unpaired) electrons. The first-order valence-corrected chi connectivity index (χ1v) is 10.4. The summed E-state index contributed by atoms with van der Waals surface area (Å²) in [4.78, 5) is 23.9. The summed E-state index contributed by atoms with van der Waals surface area (Å²) in [5.74, 6) is -1.38. The van der Waals surface area contributed by atoms with E-state index in [0.717, 1.165) is 11.6 Å². The molecule has 0 aromatic heterocycles. The van der Waals surface area contributed by atoms with Crippen LogP contribution in [0.5, 0.6) is 5.75 Å². The van der Waals surface area contributed by atoms with E-state index in [9.17, 15) is 18.0 Å². The molecule has 1 aliphatic rings. The van der Waals surface area contributed by atoms with Gasteiger partial charge < -0.3 is 14.2 Å². The number of ether oxygens (including phenoxy) is 3. The van der Waals surface area contributed by atoms with Crippen LogP contribution in [0.25, 0.3) is 0 Å². The Kier molecular flexibility index (Phi) is 5.78. The quantitative estimate of drug-likeness (QED) is 0.717. The van der Waals surface area contributed by atoms with E-state index in [1.807, 2.05) is 6.92 Å². The van der Waals surface area contributed by atoms with Crippen LogP contribution in [0.15, 0.2) is 47.4 Å². The molecule has 0 amide bonds. The predicted molar refractivity (Wildman–Crippen MR) is 104 cm³/mol. The molecule has 1 saturated heterocycles. The van der Waals surface area contributed by atoms with Gasteiger partial charge in [0.05, 0.1) is 12.7 Å². The highest BCUT2D eigenvalue weighted by atomic mass is 32.2. The topological polar surface area (TPSA) is 108 Å². The summed E-state index contributed by atoms with van der Waals surface area (Å²) in [5.41, 5.74) is 1.32. The monoisotopic (exact) mass is 419 g/mol. The molecule has 2 aromatic rings. The number of benzene rings is 2. The molecule has 0 spiro atoms. The van der Waals surface area contributed by atoms with Gasteiger partial charge >= 0.3 is 11.9 Å². The van der Waals surface area contributed by atoms with Crippen molar-refractivity contribution in [3.8, 4) is 5.75 Å². The first-order valence-electron chi connectivity index (χ1n) is 8.88. The SMILES string of the molecule is COc1ccc(C(=O)O[C@H]2C[C@H](C)OC2=O)cc1S(=O)(=O)Nc1ccc(C)cc1. The maximum atomic E-state index is 12.9. The number of rotatable bonds is 6. The van der Waals surface area contributed by atoms with Crippen molar-refractivity contribution in [1.82, 2.24) is 0 Å². The maximum Gasteiger partial charge on any atom is 0.347 e. The van der Waals surface area contributed by atoms with Gasteiger partial charge in [-0.3, -0.25) is 4.72 Å². The molecule has 3 rings (SSSR count). The summed E-state index contributed by atoms with van der Waals surface area (Å²) in [6.45, 7) is 3.58.